The fraction of sp³-hybridized carbons (Fsp3) is 0.368. The van der Waals surface area contributed by atoms with Crippen LogP contribution in [0.3, 0.4) is 0 Å². The van der Waals surface area contributed by atoms with E-state index in [9.17, 15) is 0 Å². The van der Waals surface area contributed by atoms with Crippen molar-refractivity contribution in [2.75, 3.05) is 0 Å². The van der Waals surface area contributed by atoms with Gasteiger partial charge in [-0.25, -0.2) is 0 Å². The highest BCUT2D eigenvalue weighted by molar-refractivity contribution is 8.07. The molecule has 0 aliphatic rings. The topological polar surface area (TPSA) is 0 Å². The number of benzene rings is 1. The highest BCUT2D eigenvalue weighted by Gasteiger charge is 2.03. The van der Waals surface area contributed by atoms with Crippen molar-refractivity contribution in [1.82, 2.24) is 0 Å². The predicted molar refractivity (Wildman–Crippen MR) is 94.7 cm³/mol. The van der Waals surface area contributed by atoms with E-state index >= 15 is 0 Å². The summed E-state index contributed by atoms with van der Waals surface area (Å²) in [6.45, 7) is 16.5. The minimum atomic E-state index is 0.526. The van der Waals surface area contributed by atoms with Crippen LogP contribution in [0.4, 0.5) is 0 Å². The first-order valence-electron chi connectivity index (χ1n) is 7.14. The lowest BCUT2D eigenvalue weighted by molar-refractivity contribution is 0.815. The summed E-state index contributed by atoms with van der Waals surface area (Å²) in [6.07, 6.45) is 2.13. The van der Waals surface area contributed by atoms with Crippen LogP contribution in [0.1, 0.15) is 45.7 Å². The number of hydrogen-bond acceptors (Lipinski definition) is 1. The van der Waals surface area contributed by atoms with Crippen LogP contribution >= 0.6 is 11.8 Å². The lowest BCUT2D eigenvalue weighted by Crippen LogP contribution is -1.88. The standard InChI is InChI=1S/C17H20S.C2H6/c1-6-17(13(2)3)18-15(5)9-12-16-10-7-14(4)8-11-16;1-2/h6-8,10-11,13H,5H2,1-4H3;1-2H3/b17-6-;. The Hall–Kier alpha value is -1.39. The second-order valence-electron chi connectivity index (χ2n) is 4.49. The summed E-state index contributed by atoms with van der Waals surface area (Å²) in [7, 11) is 0. The van der Waals surface area contributed by atoms with Crippen molar-refractivity contribution in [3.8, 4) is 11.8 Å². The molecule has 108 valence electrons. The number of rotatable bonds is 3. The Bertz CT molecular complexity index is 493. The van der Waals surface area contributed by atoms with Gasteiger partial charge in [-0.15, -0.1) is 0 Å². The second-order valence-corrected chi connectivity index (χ2v) is 5.66. The summed E-state index contributed by atoms with van der Waals surface area (Å²) in [4.78, 5) is 2.22. The molecule has 0 saturated heterocycles. The van der Waals surface area contributed by atoms with Crippen molar-refractivity contribution in [2.24, 2.45) is 5.92 Å². The molecule has 0 N–H and O–H groups in total. The van der Waals surface area contributed by atoms with Gasteiger partial charge in [-0.3, -0.25) is 0 Å². The van der Waals surface area contributed by atoms with Gasteiger partial charge in [0.2, 0.25) is 0 Å². The van der Waals surface area contributed by atoms with Crippen LogP contribution in [0.15, 0.2) is 46.7 Å². The average Bonchev–Trinajstić information content (AvgIpc) is 2.46. The highest BCUT2D eigenvalue weighted by atomic mass is 32.2. The number of hydrogen-bond donors (Lipinski definition) is 0. The molecule has 1 rings (SSSR count). The molecule has 20 heavy (non-hydrogen) atoms. The lowest BCUT2D eigenvalue weighted by atomic mass is 10.2. The maximum atomic E-state index is 4.01. The number of thioether (sulfide) groups is 1. The summed E-state index contributed by atoms with van der Waals surface area (Å²) in [5, 5.41) is 0. The third-order valence-corrected chi connectivity index (χ3v) is 3.78. The van der Waals surface area contributed by atoms with Gasteiger partial charge < -0.3 is 0 Å². The number of aryl methyl sites for hydroxylation is 1. The molecule has 0 fully saturated rings. The monoisotopic (exact) mass is 286 g/mol. The second kappa shape index (κ2) is 10.4. The number of allylic oxidation sites excluding steroid dienone is 3. The molecule has 0 aliphatic carbocycles. The fourth-order valence-electron chi connectivity index (χ4n) is 1.46. The van der Waals surface area contributed by atoms with Gasteiger partial charge in [0.05, 0.1) is 4.91 Å². The molecule has 0 spiro atoms. The molecule has 0 aliphatic heterocycles. The van der Waals surface area contributed by atoms with Crippen molar-refractivity contribution in [1.29, 1.82) is 0 Å². The molecule has 0 radical (unpaired) electrons. The van der Waals surface area contributed by atoms with Gasteiger partial charge >= 0.3 is 0 Å². The van der Waals surface area contributed by atoms with Crippen LogP contribution in [0.2, 0.25) is 0 Å². The molecule has 1 aromatic carbocycles. The van der Waals surface area contributed by atoms with Gasteiger partial charge in [-0.05, 0) is 36.8 Å². The van der Waals surface area contributed by atoms with E-state index in [1.54, 1.807) is 11.8 Å². The molecule has 0 atom stereocenters. The minimum Gasteiger partial charge on any atom is -0.0860 e. The largest absolute Gasteiger partial charge is 0.0860 e. The summed E-state index contributed by atoms with van der Waals surface area (Å²) < 4.78 is 0. The SMILES string of the molecule is C=C(C#Cc1ccc(C)cc1)S/C(=C\C)C(C)C.CC. The quantitative estimate of drug-likeness (QED) is 0.598. The summed E-state index contributed by atoms with van der Waals surface area (Å²) in [5.41, 5.74) is 2.29. The van der Waals surface area contributed by atoms with Gasteiger partial charge in [-0.2, -0.15) is 0 Å². The average molecular weight is 286 g/mol. The zero-order chi connectivity index (χ0) is 15.5. The zero-order valence-electron chi connectivity index (χ0n) is 13.6. The van der Waals surface area contributed by atoms with E-state index in [4.69, 9.17) is 0 Å². The van der Waals surface area contributed by atoms with Crippen molar-refractivity contribution in [3.63, 3.8) is 0 Å². The molecule has 0 nitrogen and oxygen atoms in total. The van der Waals surface area contributed by atoms with Crippen LogP contribution in [0, 0.1) is 24.7 Å². The van der Waals surface area contributed by atoms with Crippen LogP contribution in [0.25, 0.3) is 0 Å². The van der Waals surface area contributed by atoms with Gasteiger partial charge in [0, 0.05) is 5.56 Å². The Balaban J connectivity index is 0.00000172. The molecule has 0 amide bonds. The van der Waals surface area contributed by atoms with Crippen LogP contribution in [-0.4, -0.2) is 0 Å². The Morgan fingerprint density at radius 1 is 1.20 bits per heavy atom. The third-order valence-electron chi connectivity index (χ3n) is 2.49. The van der Waals surface area contributed by atoms with Gasteiger partial charge in [0.1, 0.15) is 0 Å². The maximum absolute atomic E-state index is 4.01. The zero-order valence-corrected chi connectivity index (χ0v) is 14.4. The van der Waals surface area contributed by atoms with Crippen molar-refractivity contribution in [2.45, 2.75) is 41.5 Å². The molecular weight excluding hydrogens is 260 g/mol. The van der Waals surface area contributed by atoms with E-state index in [2.05, 4.69) is 64.3 Å². The molecule has 0 aromatic heterocycles. The van der Waals surface area contributed by atoms with Crippen molar-refractivity contribution in [3.05, 3.63) is 57.9 Å². The molecule has 0 bridgehead atoms. The Morgan fingerprint density at radius 2 is 1.75 bits per heavy atom. The van der Waals surface area contributed by atoms with Gasteiger partial charge in [-0.1, -0.05) is 81.6 Å². The predicted octanol–water partition coefficient (Wildman–Crippen LogP) is 6.18. The molecule has 1 heteroatoms. The van der Waals surface area contributed by atoms with Crippen LogP contribution in [-0.2, 0) is 0 Å². The summed E-state index contributed by atoms with van der Waals surface area (Å²) >= 11 is 1.67. The highest BCUT2D eigenvalue weighted by Crippen LogP contribution is 2.29. The summed E-state index contributed by atoms with van der Waals surface area (Å²) in [5.74, 6) is 6.78. The van der Waals surface area contributed by atoms with E-state index in [1.165, 1.54) is 10.5 Å². The normalized spacial score (nSPS) is 10.2. The van der Waals surface area contributed by atoms with E-state index in [1.807, 2.05) is 26.0 Å². The molecular formula is C19H26S. The first-order valence-corrected chi connectivity index (χ1v) is 7.96. The molecule has 1 aromatic rings. The third kappa shape index (κ3) is 7.26. The minimum absolute atomic E-state index is 0.526. The Kier molecular flexibility index (Phi) is 9.68. The molecule has 0 saturated carbocycles. The first-order chi connectivity index (χ1) is 9.52. The van der Waals surface area contributed by atoms with E-state index in [0.717, 1.165) is 10.5 Å². The van der Waals surface area contributed by atoms with E-state index < -0.39 is 0 Å². The fourth-order valence-corrected chi connectivity index (χ4v) is 2.20. The van der Waals surface area contributed by atoms with Crippen molar-refractivity contribution >= 4 is 11.8 Å². The molecule has 0 heterocycles. The van der Waals surface area contributed by atoms with Crippen molar-refractivity contribution < 1.29 is 0 Å². The summed E-state index contributed by atoms with van der Waals surface area (Å²) in [6, 6.07) is 8.23. The van der Waals surface area contributed by atoms with Gasteiger partial charge in [0.15, 0.2) is 0 Å². The van der Waals surface area contributed by atoms with E-state index in [-0.39, 0.29) is 0 Å². The first kappa shape index (κ1) is 18.6. The maximum Gasteiger partial charge on any atom is 0.0550 e. The van der Waals surface area contributed by atoms with Gasteiger partial charge in [0.25, 0.3) is 0 Å². The lowest BCUT2D eigenvalue weighted by Gasteiger charge is -2.08. The van der Waals surface area contributed by atoms with Crippen LogP contribution < -0.4 is 0 Å². The molecule has 0 unspecified atom stereocenters. The van der Waals surface area contributed by atoms with Crippen LogP contribution in [0.5, 0.6) is 0 Å². The Labute approximate surface area is 129 Å². The smallest absolute Gasteiger partial charge is 0.0550 e. The Morgan fingerprint density at radius 3 is 2.20 bits per heavy atom. The van der Waals surface area contributed by atoms with E-state index in [0.29, 0.717) is 5.92 Å².